The van der Waals surface area contributed by atoms with E-state index in [1.807, 2.05) is 30.3 Å². The van der Waals surface area contributed by atoms with Crippen LogP contribution in [0.3, 0.4) is 0 Å². The van der Waals surface area contributed by atoms with Crippen LogP contribution in [0, 0.1) is 5.92 Å². The third kappa shape index (κ3) is 5.21. The molecular formula is C19H22BrClN2O. The highest BCUT2D eigenvalue weighted by Gasteiger charge is 2.13. The topological polar surface area (TPSA) is 33.3 Å². The Morgan fingerprint density at radius 3 is 2.75 bits per heavy atom. The van der Waals surface area contributed by atoms with Crippen LogP contribution >= 0.6 is 27.5 Å². The quantitative estimate of drug-likeness (QED) is 0.712. The maximum atomic E-state index is 5.95. The summed E-state index contributed by atoms with van der Waals surface area (Å²) in [5.74, 6) is 1.64. The first-order valence-corrected chi connectivity index (χ1v) is 9.45. The van der Waals surface area contributed by atoms with Crippen LogP contribution < -0.4 is 15.4 Å². The minimum Gasteiger partial charge on any atom is -0.489 e. The molecule has 2 N–H and O–H groups in total. The highest BCUT2D eigenvalue weighted by molar-refractivity contribution is 9.10. The monoisotopic (exact) mass is 408 g/mol. The SMILES string of the molecule is Clc1ccc(COc2ccc(CNCC3CCNC3)cc2)c(Br)c1. The lowest BCUT2D eigenvalue weighted by Crippen LogP contribution is -2.23. The van der Waals surface area contributed by atoms with Gasteiger partial charge in [-0.2, -0.15) is 0 Å². The first-order chi connectivity index (χ1) is 11.7. The van der Waals surface area contributed by atoms with E-state index in [0.29, 0.717) is 6.61 Å². The van der Waals surface area contributed by atoms with E-state index in [9.17, 15) is 0 Å². The van der Waals surface area contributed by atoms with Crippen molar-refractivity contribution in [3.05, 3.63) is 63.1 Å². The molecule has 128 valence electrons. The van der Waals surface area contributed by atoms with Crippen molar-refractivity contribution < 1.29 is 4.74 Å². The van der Waals surface area contributed by atoms with Crippen molar-refractivity contribution in [3.8, 4) is 5.75 Å². The minimum atomic E-state index is 0.518. The van der Waals surface area contributed by atoms with E-state index in [1.165, 1.54) is 12.0 Å². The average molecular weight is 410 g/mol. The van der Waals surface area contributed by atoms with E-state index in [-0.39, 0.29) is 0 Å². The minimum absolute atomic E-state index is 0.518. The summed E-state index contributed by atoms with van der Waals surface area (Å²) in [7, 11) is 0. The number of hydrogen-bond acceptors (Lipinski definition) is 3. The van der Waals surface area contributed by atoms with Gasteiger partial charge in [0, 0.05) is 21.6 Å². The van der Waals surface area contributed by atoms with Gasteiger partial charge in [0.25, 0.3) is 0 Å². The molecule has 1 aliphatic heterocycles. The van der Waals surface area contributed by atoms with Gasteiger partial charge in [-0.05, 0) is 61.8 Å². The van der Waals surface area contributed by atoms with E-state index in [4.69, 9.17) is 16.3 Å². The van der Waals surface area contributed by atoms with Crippen LogP contribution in [0.4, 0.5) is 0 Å². The van der Waals surface area contributed by atoms with Gasteiger partial charge >= 0.3 is 0 Å². The van der Waals surface area contributed by atoms with Crippen LogP contribution in [0.25, 0.3) is 0 Å². The molecule has 1 saturated heterocycles. The van der Waals surface area contributed by atoms with Crippen LogP contribution in [-0.4, -0.2) is 19.6 Å². The molecule has 0 aliphatic carbocycles. The zero-order valence-electron chi connectivity index (χ0n) is 13.5. The Balaban J connectivity index is 1.45. The predicted octanol–water partition coefficient (Wildman–Crippen LogP) is 4.38. The van der Waals surface area contributed by atoms with Crippen LogP contribution in [0.5, 0.6) is 5.75 Å². The maximum Gasteiger partial charge on any atom is 0.119 e. The Labute approximate surface area is 156 Å². The van der Waals surface area contributed by atoms with E-state index >= 15 is 0 Å². The van der Waals surface area contributed by atoms with Crippen molar-refractivity contribution in [1.29, 1.82) is 0 Å². The molecule has 5 heteroatoms. The molecular weight excluding hydrogens is 388 g/mol. The highest BCUT2D eigenvalue weighted by Crippen LogP contribution is 2.23. The molecule has 0 bridgehead atoms. The Bertz CT molecular complexity index is 657. The zero-order chi connectivity index (χ0) is 16.8. The fourth-order valence-corrected chi connectivity index (χ4v) is 3.61. The second-order valence-corrected chi connectivity index (χ2v) is 7.45. The summed E-state index contributed by atoms with van der Waals surface area (Å²) in [5.41, 5.74) is 2.36. The molecule has 0 aromatic heterocycles. The van der Waals surface area contributed by atoms with E-state index in [1.54, 1.807) is 0 Å². The van der Waals surface area contributed by atoms with E-state index in [2.05, 4.69) is 38.7 Å². The Hall–Kier alpha value is -1.07. The third-order valence-corrected chi connectivity index (χ3v) is 5.23. The average Bonchev–Trinajstić information content (AvgIpc) is 3.09. The summed E-state index contributed by atoms with van der Waals surface area (Å²) in [6.07, 6.45) is 1.28. The van der Waals surface area contributed by atoms with Gasteiger partial charge in [-0.25, -0.2) is 0 Å². The molecule has 0 saturated carbocycles. The lowest BCUT2D eigenvalue weighted by Gasteiger charge is -2.11. The number of nitrogens with one attached hydrogen (secondary N) is 2. The lowest BCUT2D eigenvalue weighted by atomic mass is 10.1. The van der Waals surface area contributed by atoms with Crippen LogP contribution in [0.15, 0.2) is 46.9 Å². The lowest BCUT2D eigenvalue weighted by molar-refractivity contribution is 0.305. The molecule has 24 heavy (non-hydrogen) atoms. The molecule has 3 rings (SSSR count). The second-order valence-electron chi connectivity index (χ2n) is 6.16. The summed E-state index contributed by atoms with van der Waals surface area (Å²) in [4.78, 5) is 0. The molecule has 3 nitrogen and oxygen atoms in total. The molecule has 1 fully saturated rings. The molecule has 0 amide bonds. The normalized spacial score (nSPS) is 17.2. The van der Waals surface area contributed by atoms with Crippen LogP contribution in [0.1, 0.15) is 17.5 Å². The fraction of sp³-hybridized carbons (Fsp3) is 0.368. The van der Waals surface area contributed by atoms with Crippen LogP contribution in [0.2, 0.25) is 5.02 Å². The summed E-state index contributed by atoms with van der Waals surface area (Å²) < 4.78 is 6.82. The first-order valence-electron chi connectivity index (χ1n) is 8.28. The summed E-state index contributed by atoms with van der Waals surface area (Å²) in [5, 5.41) is 7.65. The Morgan fingerprint density at radius 2 is 2.04 bits per heavy atom. The standard InChI is InChI=1S/C19H22BrClN2O/c20-19-9-17(21)4-3-16(19)13-24-18-5-1-14(2-6-18)10-23-12-15-7-8-22-11-15/h1-6,9,15,22-23H,7-8,10-13H2. The van der Waals surface area contributed by atoms with Crippen molar-refractivity contribution in [2.45, 2.75) is 19.6 Å². The largest absolute Gasteiger partial charge is 0.489 e. The number of benzene rings is 2. The number of rotatable bonds is 7. The van der Waals surface area contributed by atoms with Crippen LogP contribution in [-0.2, 0) is 13.2 Å². The van der Waals surface area contributed by atoms with Crippen molar-refractivity contribution in [1.82, 2.24) is 10.6 Å². The number of ether oxygens (including phenoxy) is 1. The fourth-order valence-electron chi connectivity index (χ4n) is 2.81. The summed E-state index contributed by atoms with van der Waals surface area (Å²) in [6, 6.07) is 14.0. The molecule has 1 aliphatic rings. The van der Waals surface area contributed by atoms with Crippen molar-refractivity contribution in [2.24, 2.45) is 5.92 Å². The molecule has 1 unspecified atom stereocenters. The van der Waals surface area contributed by atoms with Crippen molar-refractivity contribution in [2.75, 3.05) is 19.6 Å². The van der Waals surface area contributed by atoms with Gasteiger partial charge in [-0.3, -0.25) is 0 Å². The Kier molecular flexibility index (Phi) is 6.55. The maximum absolute atomic E-state index is 5.95. The van der Waals surface area contributed by atoms with Crippen molar-refractivity contribution in [3.63, 3.8) is 0 Å². The van der Waals surface area contributed by atoms with Gasteiger partial charge in [0.2, 0.25) is 0 Å². The first kappa shape index (κ1) is 17.7. The van der Waals surface area contributed by atoms with Gasteiger partial charge in [0.1, 0.15) is 12.4 Å². The second kappa shape index (κ2) is 8.86. The number of hydrogen-bond donors (Lipinski definition) is 2. The number of halogens is 2. The molecule has 1 atom stereocenters. The molecule has 0 spiro atoms. The smallest absolute Gasteiger partial charge is 0.119 e. The predicted molar refractivity (Wildman–Crippen MR) is 103 cm³/mol. The molecule has 1 heterocycles. The van der Waals surface area contributed by atoms with Gasteiger partial charge in [0.15, 0.2) is 0 Å². The molecule has 2 aromatic carbocycles. The van der Waals surface area contributed by atoms with Gasteiger partial charge in [-0.1, -0.05) is 45.7 Å². The van der Waals surface area contributed by atoms with Gasteiger partial charge < -0.3 is 15.4 Å². The molecule has 2 aromatic rings. The van der Waals surface area contributed by atoms with Crippen molar-refractivity contribution >= 4 is 27.5 Å². The zero-order valence-corrected chi connectivity index (χ0v) is 15.9. The molecule has 0 radical (unpaired) electrons. The van der Waals surface area contributed by atoms with E-state index in [0.717, 1.165) is 52.9 Å². The summed E-state index contributed by atoms with van der Waals surface area (Å²) >= 11 is 9.47. The third-order valence-electron chi connectivity index (χ3n) is 4.26. The van der Waals surface area contributed by atoms with E-state index < -0.39 is 0 Å². The van der Waals surface area contributed by atoms with Gasteiger partial charge in [-0.15, -0.1) is 0 Å². The highest BCUT2D eigenvalue weighted by atomic mass is 79.9. The summed E-state index contributed by atoms with van der Waals surface area (Å²) in [6.45, 7) is 4.79. The Morgan fingerprint density at radius 1 is 1.21 bits per heavy atom. The van der Waals surface area contributed by atoms with Gasteiger partial charge in [0.05, 0.1) is 0 Å².